The van der Waals surface area contributed by atoms with Crippen molar-refractivity contribution >= 4 is 53.5 Å². The summed E-state index contributed by atoms with van der Waals surface area (Å²) in [6, 6.07) is 2.34. The predicted molar refractivity (Wildman–Crippen MR) is 125 cm³/mol. The lowest BCUT2D eigenvalue weighted by Crippen LogP contribution is -2.36. The van der Waals surface area contributed by atoms with Crippen LogP contribution in [0.15, 0.2) is 23.7 Å². The largest absolute Gasteiger partial charge is 0.477 e. The Kier molecular flexibility index (Phi) is 6.81. The van der Waals surface area contributed by atoms with E-state index in [1.54, 1.807) is 9.12 Å². The molecule has 0 bridgehead atoms. The molecule has 3 heterocycles. The van der Waals surface area contributed by atoms with Gasteiger partial charge in [0.25, 0.3) is 0 Å². The fraction of sp³-hybridized carbons (Fsp3) is 0.526. The predicted octanol–water partition coefficient (Wildman–Crippen LogP) is 4.13. The van der Waals surface area contributed by atoms with Gasteiger partial charge >= 0.3 is 0 Å². The highest BCUT2D eigenvalue weighted by Gasteiger charge is 2.30. The van der Waals surface area contributed by atoms with Gasteiger partial charge in [-0.15, -0.1) is 0 Å². The van der Waals surface area contributed by atoms with E-state index in [0.29, 0.717) is 30.4 Å². The standard InChI is InChI=1S/C19H25IN6O2S/c1-2-28-18-14-5-8-26(29-20)17(14)24-19(25-18)23-15(11-21)16(12-3-4-12)22-13-6-9-27-10-7-13/h5,8,11-13,21-22H,2-4,6-7,9-10H2,1H3,(H,23,24,25)/b16-15+,21-11?. The molecule has 3 N–H and O–H groups in total. The summed E-state index contributed by atoms with van der Waals surface area (Å²) in [7, 11) is 1.54. The van der Waals surface area contributed by atoms with Gasteiger partial charge in [0.15, 0.2) is 5.65 Å². The molecule has 2 aromatic rings. The van der Waals surface area contributed by atoms with Gasteiger partial charge in [0.05, 0.1) is 17.7 Å². The number of fused-ring (bicyclic) bond motifs is 1. The molecule has 1 aliphatic carbocycles. The monoisotopic (exact) mass is 528 g/mol. The minimum atomic E-state index is 0.381. The van der Waals surface area contributed by atoms with Gasteiger partial charge in [-0.3, -0.25) is 3.97 Å². The number of halogens is 1. The molecule has 1 aliphatic heterocycles. The topological polar surface area (TPSA) is 97.1 Å². The Morgan fingerprint density at radius 1 is 1.38 bits per heavy atom. The second kappa shape index (κ2) is 9.52. The number of nitrogens with one attached hydrogen (secondary N) is 3. The molecule has 0 aromatic carbocycles. The summed E-state index contributed by atoms with van der Waals surface area (Å²) in [6.45, 7) is 4.04. The van der Waals surface area contributed by atoms with Crippen LogP contribution in [0.5, 0.6) is 5.88 Å². The summed E-state index contributed by atoms with van der Waals surface area (Å²) in [4.78, 5) is 9.28. The first kappa shape index (κ1) is 20.7. The van der Waals surface area contributed by atoms with Crippen LogP contribution < -0.4 is 15.4 Å². The van der Waals surface area contributed by atoms with Gasteiger partial charge in [-0.2, -0.15) is 9.97 Å². The number of hydrogen-bond donors (Lipinski definition) is 3. The fourth-order valence-corrected chi connectivity index (χ4v) is 4.74. The van der Waals surface area contributed by atoms with E-state index >= 15 is 0 Å². The van der Waals surface area contributed by atoms with E-state index < -0.39 is 0 Å². The molecule has 4 rings (SSSR count). The highest BCUT2D eigenvalue weighted by atomic mass is 127. The van der Waals surface area contributed by atoms with Crippen LogP contribution in [0.4, 0.5) is 5.95 Å². The Labute approximate surface area is 186 Å². The van der Waals surface area contributed by atoms with E-state index in [-0.39, 0.29) is 0 Å². The Bertz CT molecular complexity index is 907. The van der Waals surface area contributed by atoms with Crippen molar-refractivity contribution < 1.29 is 9.47 Å². The van der Waals surface area contributed by atoms with E-state index in [0.717, 1.165) is 61.3 Å². The second-order valence-electron chi connectivity index (χ2n) is 7.14. The Hall–Kier alpha value is -1.53. The van der Waals surface area contributed by atoms with Gasteiger partial charge in [0.2, 0.25) is 11.8 Å². The van der Waals surface area contributed by atoms with Crippen molar-refractivity contribution in [2.75, 3.05) is 25.1 Å². The van der Waals surface area contributed by atoms with E-state index in [4.69, 9.17) is 19.9 Å². The van der Waals surface area contributed by atoms with Gasteiger partial charge in [0, 0.05) is 73.6 Å². The minimum absolute atomic E-state index is 0.381. The molecule has 2 aliphatic rings. The third-order valence-electron chi connectivity index (χ3n) is 5.08. The molecular weight excluding hydrogens is 503 g/mol. The average Bonchev–Trinajstić information content (AvgIpc) is 3.50. The summed E-state index contributed by atoms with van der Waals surface area (Å²) < 4.78 is 13.2. The van der Waals surface area contributed by atoms with E-state index in [1.807, 2.05) is 23.2 Å². The first-order valence-corrected chi connectivity index (χ1v) is 13.2. The Morgan fingerprint density at radius 3 is 2.83 bits per heavy atom. The van der Waals surface area contributed by atoms with Crippen LogP contribution in [0, 0.1) is 11.3 Å². The molecule has 0 atom stereocenters. The third kappa shape index (κ3) is 4.80. The normalized spacial score (nSPS) is 18.4. The maximum Gasteiger partial charge on any atom is 0.232 e. The van der Waals surface area contributed by atoms with Crippen molar-refractivity contribution in [3.8, 4) is 5.88 Å². The number of ether oxygens (including phenoxy) is 2. The third-order valence-corrected chi connectivity index (χ3v) is 6.80. The zero-order valence-electron chi connectivity index (χ0n) is 16.3. The maximum atomic E-state index is 8.02. The highest BCUT2D eigenvalue weighted by Crippen LogP contribution is 2.37. The Morgan fingerprint density at radius 2 is 2.17 bits per heavy atom. The molecule has 10 heteroatoms. The molecule has 0 spiro atoms. The molecule has 2 fully saturated rings. The quantitative estimate of drug-likeness (QED) is 0.333. The number of anilines is 1. The van der Waals surface area contributed by atoms with Gasteiger partial charge in [-0.1, -0.05) is 0 Å². The van der Waals surface area contributed by atoms with Crippen LogP contribution in [0.1, 0.15) is 32.6 Å². The summed E-state index contributed by atoms with van der Waals surface area (Å²) >= 11 is 2.23. The number of nitrogens with zero attached hydrogens (tertiary/aromatic N) is 3. The molecule has 8 nitrogen and oxygen atoms in total. The van der Waals surface area contributed by atoms with Gasteiger partial charge in [-0.25, -0.2) is 0 Å². The van der Waals surface area contributed by atoms with E-state index in [1.165, 1.54) is 6.21 Å². The number of rotatable bonds is 9. The van der Waals surface area contributed by atoms with Crippen LogP contribution in [0.25, 0.3) is 11.0 Å². The van der Waals surface area contributed by atoms with Gasteiger partial charge < -0.3 is 25.5 Å². The van der Waals surface area contributed by atoms with Crippen LogP contribution in [-0.2, 0) is 4.74 Å². The van der Waals surface area contributed by atoms with Crippen LogP contribution in [0.3, 0.4) is 0 Å². The lowest BCUT2D eigenvalue weighted by atomic mass is 10.1. The average molecular weight is 528 g/mol. The lowest BCUT2D eigenvalue weighted by Gasteiger charge is -2.27. The second-order valence-corrected chi connectivity index (χ2v) is 8.85. The first-order chi connectivity index (χ1) is 14.2. The summed E-state index contributed by atoms with van der Waals surface area (Å²) in [6.07, 6.45) is 7.57. The summed E-state index contributed by atoms with van der Waals surface area (Å²) in [5, 5.41) is 15.9. The lowest BCUT2D eigenvalue weighted by molar-refractivity contribution is 0.0800. The van der Waals surface area contributed by atoms with E-state index in [9.17, 15) is 0 Å². The Balaban J connectivity index is 1.66. The number of hydrogen-bond acceptors (Lipinski definition) is 8. The van der Waals surface area contributed by atoms with Crippen molar-refractivity contribution in [3.63, 3.8) is 0 Å². The van der Waals surface area contributed by atoms with Crippen molar-refractivity contribution in [2.24, 2.45) is 5.92 Å². The molecule has 0 amide bonds. The number of aromatic nitrogens is 3. The van der Waals surface area contributed by atoms with Crippen molar-refractivity contribution in [2.45, 2.75) is 38.6 Å². The van der Waals surface area contributed by atoms with Crippen molar-refractivity contribution in [1.29, 1.82) is 5.41 Å². The van der Waals surface area contributed by atoms with Crippen LogP contribution >= 0.6 is 30.3 Å². The zero-order valence-corrected chi connectivity index (χ0v) is 19.3. The molecule has 0 unspecified atom stereocenters. The molecule has 1 saturated carbocycles. The zero-order chi connectivity index (χ0) is 20.2. The van der Waals surface area contributed by atoms with Crippen LogP contribution in [0.2, 0.25) is 0 Å². The molecular formula is C19H25IN6O2S. The summed E-state index contributed by atoms with van der Waals surface area (Å²) in [5.41, 5.74) is 2.60. The molecule has 0 radical (unpaired) electrons. The molecule has 29 heavy (non-hydrogen) atoms. The van der Waals surface area contributed by atoms with Gasteiger partial charge in [-0.05, 0) is 38.7 Å². The SMILES string of the molecule is CCOc1nc(N/C(C=N)=C(/NC2CCOCC2)C2CC2)nc2c1ccn2SI. The molecule has 1 saturated heterocycles. The van der Waals surface area contributed by atoms with Crippen molar-refractivity contribution in [3.05, 3.63) is 23.7 Å². The highest BCUT2D eigenvalue weighted by molar-refractivity contribution is 14.2. The molecule has 2 aromatic heterocycles. The maximum absolute atomic E-state index is 8.02. The number of allylic oxidation sites excluding steroid dienone is 2. The van der Waals surface area contributed by atoms with E-state index in [2.05, 4.69) is 36.8 Å². The molecule has 156 valence electrons. The minimum Gasteiger partial charge on any atom is -0.477 e. The van der Waals surface area contributed by atoms with Gasteiger partial charge in [0.1, 0.15) is 0 Å². The summed E-state index contributed by atoms with van der Waals surface area (Å²) in [5.74, 6) is 1.46. The smallest absolute Gasteiger partial charge is 0.232 e. The fourth-order valence-electron chi connectivity index (χ4n) is 3.47. The van der Waals surface area contributed by atoms with Crippen molar-refractivity contribution in [1.82, 2.24) is 19.3 Å². The van der Waals surface area contributed by atoms with Crippen LogP contribution in [-0.4, -0.2) is 46.0 Å². The first-order valence-electron chi connectivity index (χ1n) is 9.90.